The number of hydrogen-bond acceptors (Lipinski definition) is 3. The van der Waals surface area contributed by atoms with Gasteiger partial charge in [0.05, 0.1) is 0 Å². The summed E-state index contributed by atoms with van der Waals surface area (Å²) < 4.78 is 25.4. The molecule has 0 bridgehead atoms. The first-order chi connectivity index (χ1) is 12.6. The minimum Gasteiger partial charge on any atom is -0.484 e. The van der Waals surface area contributed by atoms with Gasteiger partial charge in [0.15, 0.2) is 6.61 Å². The predicted molar refractivity (Wildman–Crippen MR) is 106 cm³/mol. The van der Waals surface area contributed by atoms with Crippen LogP contribution in [-0.4, -0.2) is 32.3 Å². The van der Waals surface area contributed by atoms with Crippen molar-refractivity contribution in [3.05, 3.63) is 63.5 Å². The van der Waals surface area contributed by atoms with Gasteiger partial charge in [-0.25, -0.2) is 4.39 Å². The quantitative estimate of drug-likeness (QED) is 0.657. The monoisotopic (exact) mass is 469 g/mol. The largest absolute Gasteiger partial charge is 0.484 e. The van der Waals surface area contributed by atoms with Gasteiger partial charge in [-0.1, -0.05) is 12.1 Å². The van der Waals surface area contributed by atoms with Crippen molar-refractivity contribution in [1.82, 2.24) is 5.32 Å². The van der Waals surface area contributed by atoms with Crippen LogP contribution < -0.4 is 10.1 Å². The first kappa shape index (κ1) is 19.1. The van der Waals surface area contributed by atoms with Crippen LogP contribution in [0.25, 0.3) is 0 Å². The van der Waals surface area contributed by atoms with Crippen molar-refractivity contribution in [1.29, 1.82) is 0 Å². The molecule has 3 rings (SSSR count). The Morgan fingerprint density at radius 3 is 2.42 bits per heavy atom. The van der Waals surface area contributed by atoms with E-state index in [-0.39, 0.29) is 23.7 Å². The molecule has 0 spiro atoms. The molecule has 2 aromatic carbocycles. The Morgan fingerprint density at radius 2 is 1.77 bits per heavy atom. The Kier molecular flexibility index (Phi) is 6.48. The number of halogens is 2. The van der Waals surface area contributed by atoms with Crippen LogP contribution in [-0.2, 0) is 14.9 Å². The molecular formula is C20H21FINO3. The van der Waals surface area contributed by atoms with Crippen LogP contribution in [0.5, 0.6) is 5.75 Å². The van der Waals surface area contributed by atoms with E-state index in [1.54, 1.807) is 12.1 Å². The normalized spacial score (nSPS) is 16.1. The van der Waals surface area contributed by atoms with Gasteiger partial charge in [0.25, 0.3) is 5.91 Å². The topological polar surface area (TPSA) is 47.6 Å². The van der Waals surface area contributed by atoms with Crippen molar-refractivity contribution >= 4 is 28.5 Å². The first-order valence-electron chi connectivity index (χ1n) is 8.56. The van der Waals surface area contributed by atoms with Crippen molar-refractivity contribution in [2.75, 3.05) is 26.4 Å². The zero-order valence-electron chi connectivity index (χ0n) is 14.3. The van der Waals surface area contributed by atoms with E-state index in [1.165, 1.54) is 12.1 Å². The van der Waals surface area contributed by atoms with E-state index in [4.69, 9.17) is 9.47 Å². The molecule has 1 N–H and O–H groups in total. The van der Waals surface area contributed by atoms with E-state index >= 15 is 0 Å². The molecule has 0 aliphatic carbocycles. The summed E-state index contributed by atoms with van der Waals surface area (Å²) in [6, 6.07) is 14.1. The highest BCUT2D eigenvalue weighted by Crippen LogP contribution is 2.34. The number of carbonyl (C=O) groups is 1. The number of benzene rings is 2. The number of amides is 1. The van der Waals surface area contributed by atoms with E-state index in [0.717, 1.165) is 22.0 Å². The zero-order chi connectivity index (χ0) is 18.4. The molecule has 1 aliphatic rings. The van der Waals surface area contributed by atoms with Crippen molar-refractivity contribution in [2.45, 2.75) is 18.3 Å². The second kappa shape index (κ2) is 8.81. The van der Waals surface area contributed by atoms with Gasteiger partial charge in [-0.2, -0.15) is 0 Å². The third-order valence-corrected chi connectivity index (χ3v) is 5.43. The van der Waals surface area contributed by atoms with Gasteiger partial charge in [0.1, 0.15) is 11.6 Å². The molecule has 6 heteroatoms. The molecule has 1 amide bonds. The molecule has 2 aromatic rings. The highest BCUT2D eigenvalue weighted by molar-refractivity contribution is 14.1. The molecular weight excluding hydrogens is 448 g/mol. The Hall–Kier alpha value is -1.67. The maximum Gasteiger partial charge on any atom is 0.257 e. The Bertz CT molecular complexity index is 728. The summed E-state index contributed by atoms with van der Waals surface area (Å²) >= 11 is 2.22. The SMILES string of the molecule is O=C(COc1ccc(I)cc1)NCC1(c2ccc(F)cc2)CCOCC1. The number of nitrogens with one attached hydrogen (secondary N) is 1. The summed E-state index contributed by atoms with van der Waals surface area (Å²) in [6.07, 6.45) is 1.58. The molecule has 26 heavy (non-hydrogen) atoms. The van der Waals surface area contributed by atoms with Crippen molar-refractivity contribution < 1.29 is 18.7 Å². The van der Waals surface area contributed by atoms with Crippen molar-refractivity contribution in [3.63, 3.8) is 0 Å². The number of rotatable bonds is 6. The van der Waals surface area contributed by atoms with Crippen LogP contribution in [0.3, 0.4) is 0 Å². The molecule has 1 saturated heterocycles. The van der Waals surface area contributed by atoms with Gasteiger partial charge < -0.3 is 14.8 Å². The van der Waals surface area contributed by atoms with Gasteiger partial charge in [0.2, 0.25) is 0 Å². The highest BCUT2D eigenvalue weighted by atomic mass is 127. The summed E-state index contributed by atoms with van der Waals surface area (Å²) in [6.45, 7) is 1.71. The third kappa shape index (κ3) is 4.94. The van der Waals surface area contributed by atoms with Crippen LogP contribution in [0.4, 0.5) is 4.39 Å². The van der Waals surface area contributed by atoms with Crippen LogP contribution in [0, 0.1) is 9.39 Å². The molecule has 0 saturated carbocycles. The minimum absolute atomic E-state index is 0.0312. The van der Waals surface area contributed by atoms with Crippen LogP contribution in [0.2, 0.25) is 0 Å². The van der Waals surface area contributed by atoms with E-state index < -0.39 is 0 Å². The fourth-order valence-electron chi connectivity index (χ4n) is 3.13. The predicted octanol–water partition coefficient (Wildman–Crippen LogP) is 3.67. The molecule has 4 nitrogen and oxygen atoms in total. The Morgan fingerprint density at radius 1 is 1.12 bits per heavy atom. The van der Waals surface area contributed by atoms with E-state index in [0.29, 0.717) is 25.5 Å². The number of hydrogen-bond donors (Lipinski definition) is 1. The standard InChI is InChI=1S/C20H21FINO3/c21-16-3-1-15(2-4-16)20(9-11-25-12-10-20)14-23-19(24)13-26-18-7-5-17(22)6-8-18/h1-8H,9-14H2,(H,23,24). The van der Waals surface area contributed by atoms with Crippen molar-refractivity contribution in [2.24, 2.45) is 0 Å². The Balaban J connectivity index is 1.59. The number of carbonyl (C=O) groups excluding carboxylic acids is 1. The van der Waals surface area contributed by atoms with Crippen LogP contribution in [0.1, 0.15) is 18.4 Å². The smallest absolute Gasteiger partial charge is 0.257 e. The summed E-state index contributed by atoms with van der Waals surface area (Å²) in [7, 11) is 0. The fourth-order valence-corrected chi connectivity index (χ4v) is 3.49. The lowest BCUT2D eigenvalue weighted by molar-refractivity contribution is -0.123. The molecule has 1 aliphatic heterocycles. The second-order valence-electron chi connectivity index (χ2n) is 6.42. The molecule has 0 radical (unpaired) electrons. The molecule has 1 heterocycles. The van der Waals surface area contributed by atoms with Gasteiger partial charge in [-0.15, -0.1) is 0 Å². The number of ether oxygens (including phenoxy) is 2. The highest BCUT2D eigenvalue weighted by Gasteiger charge is 2.34. The molecule has 0 atom stereocenters. The third-order valence-electron chi connectivity index (χ3n) is 4.71. The van der Waals surface area contributed by atoms with Crippen LogP contribution in [0.15, 0.2) is 48.5 Å². The maximum atomic E-state index is 13.3. The van der Waals surface area contributed by atoms with Crippen molar-refractivity contribution in [3.8, 4) is 5.75 Å². The van der Waals surface area contributed by atoms with Gasteiger partial charge in [-0.05, 0) is 77.4 Å². The summed E-state index contributed by atoms with van der Waals surface area (Å²) in [4.78, 5) is 12.2. The lowest BCUT2D eigenvalue weighted by Crippen LogP contribution is -2.45. The van der Waals surface area contributed by atoms with Gasteiger partial charge in [-0.3, -0.25) is 4.79 Å². The van der Waals surface area contributed by atoms with E-state index in [1.807, 2.05) is 24.3 Å². The van der Waals surface area contributed by atoms with Gasteiger partial charge >= 0.3 is 0 Å². The van der Waals surface area contributed by atoms with Crippen LogP contribution >= 0.6 is 22.6 Å². The van der Waals surface area contributed by atoms with E-state index in [9.17, 15) is 9.18 Å². The maximum absolute atomic E-state index is 13.3. The minimum atomic E-state index is -0.258. The van der Waals surface area contributed by atoms with E-state index in [2.05, 4.69) is 27.9 Å². The fraction of sp³-hybridized carbons (Fsp3) is 0.350. The Labute approximate surface area is 166 Å². The summed E-state index contributed by atoms with van der Waals surface area (Å²) in [5.74, 6) is 0.238. The first-order valence-corrected chi connectivity index (χ1v) is 9.64. The average molecular weight is 469 g/mol. The summed E-state index contributed by atoms with van der Waals surface area (Å²) in [5, 5.41) is 2.97. The average Bonchev–Trinajstić information content (AvgIpc) is 2.67. The molecule has 0 aromatic heterocycles. The summed E-state index contributed by atoms with van der Waals surface area (Å²) in [5.41, 5.74) is 0.797. The second-order valence-corrected chi connectivity index (χ2v) is 7.66. The molecule has 1 fully saturated rings. The molecule has 138 valence electrons. The lowest BCUT2D eigenvalue weighted by atomic mass is 9.74. The van der Waals surface area contributed by atoms with Gasteiger partial charge in [0, 0.05) is 28.7 Å². The lowest BCUT2D eigenvalue weighted by Gasteiger charge is -2.38. The molecule has 0 unspecified atom stereocenters. The zero-order valence-corrected chi connectivity index (χ0v) is 16.5.